The Morgan fingerprint density at radius 3 is 2.47 bits per heavy atom. The van der Waals surface area contributed by atoms with Crippen molar-refractivity contribution in [2.75, 3.05) is 12.4 Å². The van der Waals surface area contributed by atoms with Crippen molar-refractivity contribution in [1.29, 1.82) is 0 Å². The van der Waals surface area contributed by atoms with Crippen LogP contribution in [0.15, 0.2) is 60.7 Å². The third kappa shape index (κ3) is 5.65. The van der Waals surface area contributed by atoms with Crippen molar-refractivity contribution in [3.63, 3.8) is 0 Å². The molecule has 0 radical (unpaired) electrons. The first kappa shape index (κ1) is 24.4. The summed E-state index contributed by atoms with van der Waals surface area (Å²) in [6.45, 7) is 3.99. The average molecular weight is 488 g/mol. The monoisotopic (exact) mass is 487 g/mol. The van der Waals surface area contributed by atoms with Crippen molar-refractivity contribution in [1.82, 2.24) is 30.5 Å². The van der Waals surface area contributed by atoms with Gasteiger partial charge in [0.2, 0.25) is 0 Å². The number of aromatic nitrogens is 4. The highest BCUT2D eigenvalue weighted by molar-refractivity contribution is 5.93. The standard InChI is InChI=1S/C25H25N7O4/c1-15-11-16(2)32(30-15)24-27-21(19-5-4-6-20(12-19)36-3)13-22(28-24)29-25(34)26-14-17-7-9-18(10-8-17)23(33)31-35/h4-13,35H,14H2,1-3H3,(H,31,33)(H2,26,27,28,29,34). The summed E-state index contributed by atoms with van der Waals surface area (Å²) in [6, 6.07) is 17.0. The molecule has 0 saturated carbocycles. The van der Waals surface area contributed by atoms with Crippen molar-refractivity contribution in [2.45, 2.75) is 20.4 Å². The van der Waals surface area contributed by atoms with Gasteiger partial charge >= 0.3 is 6.03 Å². The van der Waals surface area contributed by atoms with Gasteiger partial charge in [0.25, 0.3) is 11.9 Å². The Hall–Kier alpha value is -4.77. The maximum atomic E-state index is 12.7. The van der Waals surface area contributed by atoms with E-state index in [0.717, 1.165) is 22.5 Å². The molecule has 0 spiro atoms. The molecular weight excluding hydrogens is 462 g/mol. The smallest absolute Gasteiger partial charge is 0.320 e. The summed E-state index contributed by atoms with van der Waals surface area (Å²) in [6.07, 6.45) is 0. The van der Waals surface area contributed by atoms with Crippen LogP contribution in [0.4, 0.5) is 10.6 Å². The lowest BCUT2D eigenvalue weighted by atomic mass is 10.1. The number of ether oxygens (including phenoxy) is 1. The van der Waals surface area contributed by atoms with Gasteiger partial charge in [0.15, 0.2) is 0 Å². The number of methoxy groups -OCH3 is 1. The van der Waals surface area contributed by atoms with E-state index in [4.69, 9.17) is 9.94 Å². The Morgan fingerprint density at radius 1 is 1.03 bits per heavy atom. The molecule has 3 amide bonds. The van der Waals surface area contributed by atoms with E-state index in [1.54, 1.807) is 47.6 Å². The van der Waals surface area contributed by atoms with E-state index in [2.05, 4.69) is 25.7 Å². The topological polar surface area (TPSA) is 143 Å². The van der Waals surface area contributed by atoms with Crippen molar-refractivity contribution in [3.05, 3.63) is 83.2 Å². The van der Waals surface area contributed by atoms with E-state index in [1.165, 1.54) is 0 Å². The van der Waals surface area contributed by atoms with E-state index < -0.39 is 11.9 Å². The first-order valence-corrected chi connectivity index (χ1v) is 11.0. The molecule has 0 saturated heterocycles. The van der Waals surface area contributed by atoms with Crippen LogP contribution in [0.1, 0.15) is 27.3 Å². The van der Waals surface area contributed by atoms with E-state index in [1.807, 2.05) is 44.2 Å². The fourth-order valence-electron chi connectivity index (χ4n) is 3.54. The molecule has 11 heteroatoms. The molecule has 0 atom stereocenters. The van der Waals surface area contributed by atoms with Gasteiger partial charge in [-0.3, -0.25) is 15.3 Å². The first-order chi connectivity index (χ1) is 17.4. The maximum absolute atomic E-state index is 12.7. The minimum Gasteiger partial charge on any atom is -0.497 e. The van der Waals surface area contributed by atoms with Crippen LogP contribution in [0.3, 0.4) is 0 Å². The van der Waals surface area contributed by atoms with Gasteiger partial charge in [0.05, 0.1) is 18.5 Å². The normalized spacial score (nSPS) is 10.6. The second-order valence-corrected chi connectivity index (χ2v) is 7.95. The molecular formula is C25H25N7O4. The molecule has 0 bridgehead atoms. The quantitative estimate of drug-likeness (QED) is 0.231. The van der Waals surface area contributed by atoms with Gasteiger partial charge in [-0.15, -0.1) is 0 Å². The third-order valence-electron chi connectivity index (χ3n) is 5.29. The molecule has 4 rings (SSSR count). The van der Waals surface area contributed by atoms with Gasteiger partial charge < -0.3 is 10.1 Å². The van der Waals surface area contributed by atoms with Crippen molar-refractivity contribution in [2.24, 2.45) is 0 Å². The number of amides is 3. The summed E-state index contributed by atoms with van der Waals surface area (Å²) in [5.74, 6) is 0.668. The van der Waals surface area contributed by atoms with Crippen LogP contribution < -0.4 is 20.9 Å². The molecule has 2 aromatic heterocycles. The number of carbonyl (C=O) groups is 2. The number of benzene rings is 2. The van der Waals surface area contributed by atoms with Crippen molar-refractivity contribution < 1.29 is 19.5 Å². The largest absolute Gasteiger partial charge is 0.497 e. The van der Waals surface area contributed by atoms with Crippen LogP contribution in [-0.4, -0.2) is 44.0 Å². The number of hydroxylamine groups is 1. The molecule has 0 unspecified atom stereocenters. The average Bonchev–Trinajstić information content (AvgIpc) is 3.24. The zero-order valence-corrected chi connectivity index (χ0v) is 19.9. The summed E-state index contributed by atoms with van der Waals surface area (Å²) in [5.41, 5.74) is 5.68. The zero-order valence-electron chi connectivity index (χ0n) is 19.9. The predicted octanol–water partition coefficient (Wildman–Crippen LogP) is 3.40. The van der Waals surface area contributed by atoms with E-state index >= 15 is 0 Å². The molecule has 0 aliphatic carbocycles. The maximum Gasteiger partial charge on any atom is 0.320 e. The van der Waals surface area contributed by atoms with Crippen LogP contribution in [0.2, 0.25) is 0 Å². The fourth-order valence-corrected chi connectivity index (χ4v) is 3.54. The summed E-state index contributed by atoms with van der Waals surface area (Å²) in [7, 11) is 1.59. The van der Waals surface area contributed by atoms with Gasteiger partial charge in [-0.05, 0) is 49.7 Å². The van der Waals surface area contributed by atoms with Crippen LogP contribution in [-0.2, 0) is 6.54 Å². The van der Waals surface area contributed by atoms with Crippen LogP contribution >= 0.6 is 0 Å². The minimum absolute atomic E-state index is 0.213. The lowest BCUT2D eigenvalue weighted by Gasteiger charge is -2.12. The van der Waals surface area contributed by atoms with Gasteiger partial charge in [-0.2, -0.15) is 10.1 Å². The Bertz CT molecular complexity index is 1400. The lowest BCUT2D eigenvalue weighted by molar-refractivity contribution is 0.0706. The van der Waals surface area contributed by atoms with Crippen LogP contribution in [0.25, 0.3) is 17.2 Å². The van der Waals surface area contributed by atoms with Gasteiger partial charge in [0.1, 0.15) is 11.6 Å². The number of anilines is 1. The van der Waals surface area contributed by atoms with E-state index in [9.17, 15) is 9.59 Å². The number of nitrogens with zero attached hydrogens (tertiary/aromatic N) is 4. The third-order valence-corrected chi connectivity index (χ3v) is 5.29. The number of rotatable bonds is 7. The lowest BCUT2D eigenvalue weighted by Crippen LogP contribution is -2.29. The highest BCUT2D eigenvalue weighted by atomic mass is 16.5. The van der Waals surface area contributed by atoms with Crippen LogP contribution in [0.5, 0.6) is 5.75 Å². The highest BCUT2D eigenvalue weighted by Gasteiger charge is 2.14. The zero-order chi connectivity index (χ0) is 25.7. The summed E-state index contributed by atoms with van der Waals surface area (Å²) >= 11 is 0. The molecule has 0 aliphatic rings. The predicted molar refractivity (Wildman–Crippen MR) is 132 cm³/mol. The van der Waals surface area contributed by atoms with Gasteiger partial charge in [-0.1, -0.05) is 24.3 Å². The van der Waals surface area contributed by atoms with Crippen molar-refractivity contribution >= 4 is 17.8 Å². The van der Waals surface area contributed by atoms with Crippen LogP contribution in [0, 0.1) is 13.8 Å². The number of urea groups is 1. The second-order valence-electron chi connectivity index (χ2n) is 7.95. The molecule has 4 aromatic rings. The number of hydrogen-bond acceptors (Lipinski definition) is 7. The Balaban J connectivity index is 1.56. The van der Waals surface area contributed by atoms with E-state index in [-0.39, 0.29) is 12.4 Å². The Labute approximate surface area is 207 Å². The molecule has 0 aliphatic heterocycles. The fraction of sp³-hybridized carbons (Fsp3) is 0.160. The van der Waals surface area contributed by atoms with E-state index in [0.29, 0.717) is 23.0 Å². The summed E-state index contributed by atoms with van der Waals surface area (Å²) < 4.78 is 6.95. The number of carbonyl (C=O) groups excluding carboxylic acids is 2. The molecule has 4 N–H and O–H groups in total. The molecule has 36 heavy (non-hydrogen) atoms. The van der Waals surface area contributed by atoms with Gasteiger partial charge in [-0.25, -0.2) is 19.9 Å². The second kappa shape index (κ2) is 10.7. The number of nitrogens with one attached hydrogen (secondary N) is 3. The summed E-state index contributed by atoms with van der Waals surface area (Å²) in [4.78, 5) is 33.3. The Morgan fingerprint density at radius 2 is 1.81 bits per heavy atom. The SMILES string of the molecule is COc1cccc(-c2cc(NC(=O)NCc3ccc(C(=O)NO)cc3)nc(-n3nc(C)cc3C)n2)c1. The molecule has 2 heterocycles. The van der Waals surface area contributed by atoms with Crippen molar-refractivity contribution in [3.8, 4) is 23.0 Å². The van der Waals surface area contributed by atoms with Gasteiger partial charge in [0, 0.05) is 29.4 Å². The molecule has 2 aromatic carbocycles. The molecule has 0 fully saturated rings. The number of aryl methyl sites for hydroxylation is 2. The molecule has 11 nitrogen and oxygen atoms in total. The molecule has 184 valence electrons. The minimum atomic E-state index is -0.610. The first-order valence-electron chi connectivity index (χ1n) is 11.0. The Kier molecular flexibility index (Phi) is 7.21. The highest BCUT2D eigenvalue weighted by Crippen LogP contribution is 2.25. The summed E-state index contributed by atoms with van der Waals surface area (Å²) in [5, 5.41) is 18.7. The number of hydrogen-bond donors (Lipinski definition) is 4.